The summed E-state index contributed by atoms with van der Waals surface area (Å²) >= 11 is 0. The predicted octanol–water partition coefficient (Wildman–Crippen LogP) is 2.42. The summed E-state index contributed by atoms with van der Waals surface area (Å²) in [5.41, 5.74) is 6.27. The Morgan fingerprint density at radius 1 is 1.21 bits per heavy atom. The molecule has 3 nitrogen and oxygen atoms in total. The predicted molar refractivity (Wildman–Crippen MR) is 80.1 cm³/mol. The Morgan fingerprint density at radius 3 is 2.84 bits per heavy atom. The smallest absolute Gasteiger partial charge is 0.0644 e. The summed E-state index contributed by atoms with van der Waals surface area (Å²) in [5.74, 6) is 1.43. The molecule has 0 amide bonds. The third-order valence-electron chi connectivity index (χ3n) is 4.65. The van der Waals surface area contributed by atoms with E-state index in [0.717, 1.165) is 12.5 Å². The fraction of sp³-hybridized carbons (Fsp3) is 0.875. The van der Waals surface area contributed by atoms with Gasteiger partial charge in [-0.05, 0) is 44.1 Å². The lowest BCUT2D eigenvalue weighted by molar-refractivity contribution is 0.0633. The third kappa shape index (κ3) is 4.90. The van der Waals surface area contributed by atoms with Crippen LogP contribution in [-0.2, 0) is 4.74 Å². The number of nitrogens with two attached hydrogens (primary N) is 1. The molecule has 3 heteroatoms. The lowest BCUT2D eigenvalue weighted by Gasteiger charge is -2.38. The van der Waals surface area contributed by atoms with Crippen molar-refractivity contribution in [3.8, 4) is 0 Å². The van der Waals surface area contributed by atoms with E-state index in [2.05, 4.69) is 11.5 Å². The van der Waals surface area contributed by atoms with Crippen LogP contribution in [0.15, 0.2) is 12.7 Å². The highest BCUT2D eigenvalue weighted by molar-refractivity contribution is 4.83. The summed E-state index contributed by atoms with van der Waals surface area (Å²) in [6.45, 7) is 8.92. The molecule has 2 rings (SSSR count). The standard InChI is InChI=1S/C16H30N2O/c1-2-10-19-13-14-6-5-9-18(11-14)12-15-7-3-4-8-16(15)17/h2,14-16H,1,3-13,17H2/t14-,15-,16?/m1/s1. The maximum Gasteiger partial charge on any atom is 0.0644 e. The molecule has 0 aromatic rings. The molecule has 0 aromatic heterocycles. The minimum Gasteiger partial charge on any atom is -0.377 e. The van der Waals surface area contributed by atoms with Crippen LogP contribution in [0.3, 0.4) is 0 Å². The molecule has 2 aliphatic rings. The lowest BCUT2D eigenvalue weighted by Crippen LogP contribution is -2.45. The molecule has 0 radical (unpaired) electrons. The van der Waals surface area contributed by atoms with Gasteiger partial charge in [0, 0.05) is 19.1 Å². The first kappa shape index (κ1) is 15.0. The van der Waals surface area contributed by atoms with E-state index in [1.807, 2.05) is 6.08 Å². The van der Waals surface area contributed by atoms with Gasteiger partial charge in [0.05, 0.1) is 13.2 Å². The molecule has 1 heterocycles. The van der Waals surface area contributed by atoms with Crippen molar-refractivity contribution >= 4 is 0 Å². The molecule has 0 spiro atoms. The highest BCUT2D eigenvalue weighted by atomic mass is 16.5. The molecule has 0 bridgehead atoms. The van der Waals surface area contributed by atoms with E-state index in [1.54, 1.807) is 0 Å². The third-order valence-corrected chi connectivity index (χ3v) is 4.65. The summed E-state index contributed by atoms with van der Waals surface area (Å²) in [6.07, 6.45) is 9.71. The van der Waals surface area contributed by atoms with Crippen molar-refractivity contribution in [1.29, 1.82) is 0 Å². The molecule has 3 atom stereocenters. The van der Waals surface area contributed by atoms with Crippen LogP contribution in [0.25, 0.3) is 0 Å². The minimum atomic E-state index is 0.436. The quantitative estimate of drug-likeness (QED) is 0.593. The second-order valence-electron chi connectivity index (χ2n) is 6.30. The van der Waals surface area contributed by atoms with Crippen molar-refractivity contribution in [2.75, 3.05) is 32.8 Å². The van der Waals surface area contributed by atoms with Crippen molar-refractivity contribution in [3.05, 3.63) is 12.7 Å². The van der Waals surface area contributed by atoms with E-state index in [9.17, 15) is 0 Å². The normalized spacial score (nSPS) is 33.2. The number of hydrogen-bond acceptors (Lipinski definition) is 3. The molecular weight excluding hydrogens is 236 g/mol. The lowest BCUT2D eigenvalue weighted by atomic mass is 9.84. The zero-order valence-electron chi connectivity index (χ0n) is 12.2. The highest BCUT2D eigenvalue weighted by Crippen LogP contribution is 2.26. The summed E-state index contributed by atoms with van der Waals surface area (Å²) in [6, 6.07) is 0.436. The molecule has 2 fully saturated rings. The number of ether oxygens (including phenoxy) is 1. The van der Waals surface area contributed by atoms with E-state index in [-0.39, 0.29) is 0 Å². The summed E-state index contributed by atoms with van der Waals surface area (Å²) in [5, 5.41) is 0. The Kier molecular flexibility index (Phi) is 6.35. The van der Waals surface area contributed by atoms with Gasteiger partial charge in [0.2, 0.25) is 0 Å². The molecule has 1 saturated carbocycles. The fourth-order valence-corrected chi connectivity index (χ4v) is 3.57. The fourth-order valence-electron chi connectivity index (χ4n) is 3.57. The molecule has 110 valence electrons. The van der Waals surface area contributed by atoms with Crippen LogP contribution < -0.4 is 5.73 Å². The SMILES string of the molecule is C=CCOC[C@@H]1CCCN(C[C@H]2CCCCC2N)C1. The average molecular weight is 266 g/mol. The monoisotopic (exact) mass is 266 g/mol. The number of rotatable bonds is 6. The van der Waals surface area contributed by atoms with Crippen LogP contribution in [0.5, 0.6) is 0 Å². The first-order valence-corrected chi connectivity index (χ1v) is 7.96. The Hall–Kier alpha value is -0.380. The number of likely N-dealkylation sites (tertiary alicyclic amines) is 1. The molecular formula is C16H30N2O. The zero-order valence-corrected chi connectivity index (χ0v) is 12.2. The van der Waals surface area contributed by atoms with Crippen molar-refractivity contribution in [1.82, 2.24) is 4.90 Å². The van der Waals surface area contributed by atoms with Gasteiger partial charge in [0.25, 0.3) is 0 Å². The number of hydrogen-bond donors (Lipinski definition) is 1. The zero-order chi connectivity index (χ0) is 13.5. The van der Waals surface area contributed by atoms with Gasteiger partial charge in [0.15, 0.2) is 0 Å². The van der Waals surface area contributed by atoms with Gasteiger partial charge in [-0.15, -0.1) is 6.58 Å². The summed E-state index contributed by atoms with van der Waals surface area (Å²) in [7, 11) is 0. The van der Waals surface area contributed by atoms with Gasteiger partial charge in [-0.3, -0.25) is 0 Å². The van der Waals surface area contributed by atoms with Gasteiger partial charge >= 0.3 is 0 Å². The van der Waals surface area contributed by atoms with E-state index >= 15 is 0 Å². The molecule has 1 aliphatic carbocycles. The Bertz CT molecular complexity index is 269. The summed E-state index contributed by atoms with van der Waals surface area (Å²) in [4.78, 5) is 2.63. The van der Waals surface area contributed by atoms with E-state index in [4.69, 9.17) is 10.5 Å². The van der Waals surface area contributed by atoms with Gasteiger partial charge in [-0.2, -0.15) is 0 Å². The molecule has 1 saturated heterocycles. The largest absolute Gasteiger partial charge is 0.377 e. The molecule has 0 aromatic carbocycles. The van der Waals surface area contributed by atoms with Gasteiger partial charge in [-0.1, -0.05) is 18.9 Å². The van der Waals surface area contributed by atoms with Crippen molar-refractivity contribution < 1.29 is 4.74 Å². The average Bonchev–Trinajstić information content (AvgIpc) is 2.42. The topological polar surface area (TPSA) is 38.5 Å². The van der Waals surface area contributed by atoms with E-state index in [0.29, 0.717) is 18.6 Å². The molecule has 1 unspecified atom stereocenters. The van der Waals surface area contributed by atoms with Crippen LogP contribution in [0.4, 0.5) is 0 Å². The van der Waals surface area contributed by atoms with Gasteiger partial charge in [0.1, 0.15) is 0 Å². The van der Waals surface area contributed by atoms with E-state index < -0.39 is 0 Å². The molecule has 2 N–H and O–H groups in total. The maximum atomic E-state index is 6.27. The van der Waals surface area contributed by atoms with E-state index in [1.165, 1.54) is 58.2 Å². The van der Waals surface area contributed by atoms with Crippen molar-refractivity contribution in [2.45, 2.75) is 44.6 Å². The Balaban J connectivity index is 1.72. The van der Waals surface area contributed by atoms with Crippen LogP contribution in [-0.4, -0.2) is 43.8 Å². The van der Waals surface area contributed by atoms with Crippen LogP contribution in [0, 0.1) is 11.8 Å². The van der Waals surface area contributed by atoms with Crippen LogP contribution in [0.2, 0.25) is 0 Å². The second kappa shape index (κ2) is 8.03. The minimum absolute atomic E-state index is 0.436. The Morgan fingerprint density at radius 2 is 2.05 bits per heavy atom. The number of piperidine rings is 1. The van der Waals surface area contributed by atoms with Crippen molar-refractivity contribution in [2.24, 2.45) is 17.6 Å². The number of nitrogens with zero attached hydrogens (tertiary/aromatic N) is 1. The first-order chi connectivity index (χ1) is 9.29. The van der Waals surface area contributed by atoms with Gasteiger partial charge in [-0.25, -0.2) is 0 Å². The van der Waals surface area contributed by atoms with Crippen LogP contribution in [0.1, 0.15) is 38.5 Å². The van der Waals surface area contributed by atoms with Crippen LogP contribution >= 0.6 is 0 Å². The first-order valence-electron chi connectivity index (χ1n) is 7.96. The maximum absolute atomic E-state index is 6.27. The van der Waals surface area contributed by atoms with Crippen molar-refractivity contribution in [3.63, 3.8) is 0 Å². The Labute approximate surface area is 118 Å². The summed E-state index contributed by atoms with van der Waals surface area (Å²) < 4.78 is 5.61. The second-order valence-corrected chi connectivity index (χ2v) is 6.30. The molecule has 1 aliphatic heterocycles. The van der Waals surface area contributed by atoms with Gasteiger partial charge < -0.3 is 15.4 Å². The molecule has 19 heavy (non-hydrogen) atoms. The highest BCUT2D eigenvalue weighted by Gasteiger charge is 2.27.